The van der Waals surface area contributed by atoms with E-state index in [1.807, 2.05) is 0 Å². The lowest BCUT2D eigenvalue weighted by atomic mass is 10.1. The average Bonchev–Trinajstić information content (AvgIpc) is 2.37. The van der Waals surface area contributed by atoms with Crippen molar-refractivity contribution in [2.75, 3.05) is 10.6 Å². The van der Waals surface area contributed by atoms with Crippen molar-refractivity contribution >= 4 is 28.9 Å². The highest BCUT2D eigenvalue weighted by Gasteiger charge is 2.15. The summed E-state index contributed by atoms with van der Waals surface area (Å²) in [6, 6.07) is 4.00. The molecule has 0 bridgehead atoms. The molecule has 0 heterocycles. The zero-order chi connectivity index (χ0) is 16.2. The number of nitro benzene ring substituents is 1. The molecule has 7 heteroatoms. The SMILES string of the molecule is CC(C)C(=O)Nc1cc(NC(=O)C(C)C)cc([N+](=O)[O-])c1. The average molecular weight is 293 g/mol. The Morgan fingerprint density at radius 2 is 1.33 bits per heavy atom. The van der Waals surface area contributed by atoms with Gasteiger partial charge in [0.15, 0.2) is 0 Å². The van der Waals surface area contributed by atoms with Gasteiger partial charge in [0.25, 0.3) is 5.69 Å². The number of anilines is 2. The predicted molar refractivity (Wildman–Crippen MR) is 80.0 cm³/mol. The fourth-order valence-electron chi connectivity index (χ4n) is 1.43. The second-order valence-electron chi connectivity index (χ2n) is 5.31. The zero-order valence-electron chi connectivity index (χ0n) is 12.5. The molecule has 0 saturated heterocycles. The van der Waals surface area contributed by atoms with E-state index in [-0.39, 0.29) is 40.7 Å². The van der Waals surface area contributed by atoms with Gasteiger partial charge >= 0.3 is 0 Å². The Bertz CT molecular complexity index is 527. The lowest BCUT2D eigenvalue weighted by Gasteiger charge is -2.11. The summed E-state index contributed by atoms with van der Waals surface area (Å²) in [5.74, 6) is -1.01. The minimum atomic E-state index is -0.573. The molecule has 1 aromatic carbocycles. The van der Waals surface area contributed by atoms with Crippen LogP contribution in [0.4, 0.5) is 17.1 Å². The molecule has 2 N–H and O–H groups in total. The summed E-state index contributed by atoms with van der Waals surface area (Å²) in [4.78, 5) is 33.7. The summed E-state index contributed by atoms with van der Waals surface area (Å²) < 4.78 is 0. The van der Waals surface area contributed by atoms with Gasteiger partial charge in [0.2, 0.25) is 11.8 Å². The fraction of sp³-hybridized carbons (Fsp3) is 0.429. The van der Waals surface area contributed by atoms with Crippen LogP contribution in [0, 0.1) is 22.0 Å². The number of amides is 2. The van der Waals surface area contributed by atoms with Crippen molar-refractivity contribution < 1.29 is 14.5 Å². The number of nitrogens with zero attached hydrogens (tertiary/aromatic N) is 1. The van der Waals surface area contributed by atoms with E-state index in [4.69, 9.17) is 0 Å². The first-order valence-electron chi connectivity index (χ1n) is 6.62. The maximum Gasteiger partial charge on any atom is 0.273 e. The molecule has 0 aliphatic heterocycles. The Kier molecular flexibility index (Phi) is 5.40. The quantitative estimate of drug-likeness (QED) is 0.643. The van der Waals surface area contributed by atoms with E-state index >= 15 is 0 Å². The maximum atomic E-state index is 11.7. The second-order valence-corrected chi connectivity index (χ2v) is 5.31. The minimum Gasteiger partial charge on any atom is -0.326 e. The van der Waals surface area contributed by atoms with E-state index in [9.17, 15) is 19.7 Å². The van der Waals surface area contributed by atoms with Gasteiger partial charge < -0.3 is 10.6 Å². The number of hydrogen-bond acceptors (Lipinski definition) is 4. The molecule has 0 unspecified atom stereocenters. The second kappa shape index (κ2) is 6.83. The molecule has 0 saturated carbocycles. The van der Waals surface area contributed by atoms with Gasteiger partial charge in [0.05, 0.1) is 4.92 Å². The van der Waals surface area contributed by atoms with Crippen molar-refractivity contribution in [3.8, 4) is 0 Å². The number of carbonyl (C=O) groups excluding carboxylic acids is 2. The smallest absolute Gasteiger partial charge is 0.273 e. The Labute approximate surface area is 122 Å². The van der Waals surface area contributed by atoms with E-state index in [2.05, 4.69) is 10.6 Å². The molecule has 1 aromatic rings. The third kappa shape index (κ3) is 4.87. The van der Waals surface area contributed by atoms with E-state index in [1.165, 1.54) is 18.2 Å². The molecule has 0 atom stereocenters. The van der Waals surface area contributed by atoms with Crippen LogP contribution in [-0.2, 0) is 9.59 Å². The number of hydrogen-bond donors (Lipinski definition) is 2. The summed E-state index contributed by atoms with van der Waals surface area (Å²) in [5, 5.41) is 16.1. The summed E-state index contributed by atoms with van der Waals surface area (Å²) in [6.07, 6.45) is 0. The molecule has 2 amide bonds. The van der Waals surface area contributed by atoms with Crippen molar-refractivity contribution in [3.05, 3.63) is 28.3 Å². The summed E-state index contributed by atoms with van der Waals surface area (Å²) in [5.41, 5.74) is 0.361. The highest BCUT2D eigenvalue weighted by atomic mass is 16.6. The van der Waals surface area contributed by atoms with Crippen molar-refractivity contribution in [2.45, 2.75) is 27.7 Å². The minimum absolute atomic E-state index is 0.199. The van der Waals surface area contributed by atoms with Crippen LogP contribution in [0.3, 0.4) is 0 Å². The molecule has 0 fully saturated rings. The monoisotopic (exact) mass is 293 g/mol. The van der Waals surface area contributed by atoms with Gasteiger partial charge in [-0.05, 0) is 6.07 Å². The largest absolute Gasteiger partial charge is 0.326 e. The van der Waals surface area contributed by atoms with Gasteiger partial charge in [-0.25, -0.2) is 0 Å². The third-order valence-corrected chi connectivity index (χ3v) is 2.71. The zero-order valence-corrected chi connectivity index (χ0v) is 12.5. The van der Waals surface area contributed by atoms with Crippen LogP contribution in [0.25, 0.3) is 0 Å². The molecule has 0 aromatic heterocycles. The van der Waals surface area contributed by atoms with Gasteiger partial charge in [-0.2, -0.15) is 0 Å². The van der Waals surface area contributed by atoms with Gasteiger partial charge in [-0.1, -0.05) is 27.7 Å². The number of benzene rings is 1. The summed E-state index contributed by atoms with van der Waals surface area (Å²) in [6.45, 7) is 6.87. The number of nitro groups is 1. The molecule has 114 valence electrons. The normalized spacial score (nSPS) is 10.6. The lowest BCUT2D eigenvalue weighted by molar-refractivity contribution is -0.384. The fourth-order valence-corrected chi connectivity index (χ4v) is 1.43. The van der Waals surface area contributed by atoms with Crippen LogP contribution in [0.2, 0.25) is 0 Å². The van der Waals surface area contributed by atoms with Crippen LogP contribution >= 0.6 is 0 Å². The molecule has 0 spiro atoms. The first-order chi connectivity index (χ1) is 9.70. The van der Waals surface area contributed by atoms with Crippen LogP contribution < -0.4 is 10.6 Å². The molecular weight excluding hydrogens is 274 g/mol. The third-order valence-electron chi connectivity index (χ3n) is 2.71. The predicted octanol–water partition coefficient (Wildman–Crippen LogP) is 2.78. The van der Waals surface area contributed by atoms with Gasteiger partial charge in [0.1, 0.15) is 0 Å². The molecule has 0 aliphatic carbocycles. The summed E-state index contributed by atoms with van der Waals surface area (Å²) >= 11 is 0. The Balaban J connectivity index is 3.08. The van der Waals surface area contributed by atoms with E-state index in [0.29, 0.717) is 0 Å². The van der Waals surface area contributed by atoms with Crippen LogP contribution in [-0.4, -0.2) is 16.7 Å². The van der Waals surface area contributed by atoms with Crippen LogP contribution in [0.15, 0.2) is 18.2 Å². The van der Waals surface area contributed by atoms with Crippen LogP contribution in [0.5, 0.6) is 0 Å². The van der Waals surface area contributed by atoms with Gasteiger partial charge in [-0.3, -0.25) is 19.7 Å². The van der Waals surface area contributed by atoms with Crippen molar-refractivity contribution in [1.82, 2.24) is 0 Å². The molecular formula is C14H19N3O4. The topological polar surface area (TPSA) is 101 Å². The number of non-ortho nitro benzene ring substituents is 1. The molecule has 21 heavy (non-hydrogen) atoms. The molecule has 1 rings (SSSR count). The number of nitrogens with one attached hydrogen (secondary N) is 2. The van der Waals surface area contributed by atoms with E-state index in [0.717, 1.165) is 0 Å². The highest BCUT2D eigenvalue weighted by Crippen LogP contribution is 2.25. The Hall–Kier alpha value is -2.44. The Morgan fingerprint density at radius 1 is 0.952 bits per heavy atom. The lowest BCUT2D eigenvalue weighted by Crippen LogP contribution is -2.19. The molecule has 0 aliphatic rings. The van der Waals surface area contributed by atoms with E-state index < -0.39 is 4.92 Å². The summed E-state index contributed by atoms with van der Waals surface area (Å²) in [7, 11) is 0. The number of carbonyl (C=O) groups is 2. The van der Waals surface area contributed by atoms with Crippen molar-refractivity contribution in [2.24, 2.45) is 11.8 Å². The van der Waals surface area contributed by atoms with E-state index in [1.54, 1.807) is 27.7 Å². The number of rotatable bonds is 5. The Morgan fingerprint density at radius 3 is 1.62 bits per heavy atom. The maximum absolute atomic E-state index is 11.7. The molecule has 0 radical (unpaired) electrons. The van der Waals surface area contributed by atoms with Gasteiger partial charge in [0, 0.05) is 35.3 Å². The first kappa shape index (κ1) is 16.6. The standard InChI is InChI=1S/C14H19N3O4/c1-8(2)13(18)15-10-5-11(16-14(19)9(3)4)7-12(6-10)17(20)21/h5-9H,1-4H3,(H,15,18)(H,16,19). The highest BCUT2D eigenvalue weighted by molar-refractivity contribution is 5.96. The first-order valence-corrected chi connectivity index (χ1v) is 6.62. The van der Waals surface area contributed by atoms with Crippen molar-refractivity contribution in [1.29, 1.82) is 0 Å². The van der Waals surface area contributed by atoms with Crippen molar-refractivity contribution in [3.63, 3.8) is 0 Å². The molecule has 7 nitrogen and oxygen atoms in total. The van der Waals surface area contributed by atoms with Crippen LogP contribution in [0.1, 0.15) is 27.7 Å². The van der Waals surface area contributed by atoms with Gasteiger partial charge in [-0.15, -0.1) is 0 Å².